The molecule has 110 valence electrons. The molecular formula is C9H11F5N2O3. The summed E-state index contributed by atoms with van der Waals surface area (Å²) in [5, 5.41) is 0. The SMILES string of the molecule is CN1CC(=O)N(CCOCC(F)(F)C(F)(F)F)C1=O. The Hall–Kier alpha value is -1.45. The Kier molecular flexibility index (Phi) is 4.33. The summed E-state index contributed by atoms with van der Waals surface area (Å²) < 4.78 is 64.4. The van der Waals surface area contributed by atoms with Gasteiger partial charge in [-0.2, -0.15) is 22.0 Å². The summed E-state index contributed by atoms with van der Waals surface area (Å²) in [5.74, 6) is -5.51. The van der Waals surface area contributed by atoms with Gasteiger partial charge >= 0.3 is 18.1 Å². The summed E-state index contributed by atoms with van der Waals surface area (Å²) in [4.78, 5) is 24.4. The maximum Gasteiger partial charge on any atom is 0.455 e. The highest BCUT2D eigenvalue weighted by Gasteiger charge is 2.57. The Bertz CT molecular complexity index is 371. The second-order valence-corrected chi connectivity index (χ2v) is 3.94. The number of rotatable bonds is 5. The van der Waals surface area contributed by atoms with Crippen LogP contribution in [0.4, 0.5) is 26.7 Å². The number of carbonyl (C=O) groups is 2. The number of halogens is 5. The molecule has 0 aliphatic carbocycles. The Morgan fingerprint density at radius 1 is 1.21 bits per heavy atom. The molecule has 1 saturated heterocycles. The van der Waals surface area contributed by atoms with E-state index in [2.05, 4.69) is 4.74 Å². The quantitative estimate of drug-likeness (QED) is 0.433. The molecule has 3 amide bonds. The first-order valence-electron chi connectivity index (χ1n) is 5.14. The predicted octanol–water partition coefficient (Wildman–Crippen LogP) is 1.09. The molecule has 0 saturated carbocycles. The number of ether oxygens (including phenoxy) is 1. The molecule has 0 unspecified atom stereocenters. The largest absolute Gasteiger partial charge is 0.455 e. The summed E-state index contributed by atoms with van der Waals surface area (Å²) in [6.45, 7) is -2.95. The van der Waals surface area contributed by atoms with Crippen molar-refractivity contribution in [2.75, 3.05) is 33.4 Å². The molecular weight excluding hydrogens is 279 g/mol. The molecule has 19 heavy (non-hydrogen) atoms. The van der Waals surface area contributed by atoms with Crippen molar-refractivity contribution in [1.82, 2.24) is 9.80 Å². The molecule has 0 aromatic heterocycles. The number of hydrogen-bond acceptors (Lipinski definition) is 3. The molecule has 1 heterocycles. The van der Waals surface area contributed by atoms with Crippen LogP contribution in [0.1, 0.15) is 0 Å². The van der Waals surface area contributed by atoms with Crippen molar-refractivity contribution < 1.29 is 36.3 Å². The third-order valence-corrected chi connectivity index (χ3v) is 2.39. The van der Waals surface area contributed by atoms with Gasteiger partial charge in [-0.25, -0.2) is 4.79 Å². The van der Waals surface area contributed by atoms with Crippen LogP contribution < -0.4 is 0 Å². The number of nitrogens with zero attached hydrogens (tertiary/aromatic N) is 2. The van der Waals surface area contributed by atoms with E-state index in [1.807, 2.05) is 0 Å². The van der Waals surface area contributed by atoms with Gasteiger partial charge in [-0.3, -0.25) is 9.69 Å². The topological polar surface area (TPSA) is 49.9 Å². The molecule has 0 radical (unpaired) electrons. The molecule has 0 atom stereocenters. The van der Waals surface area contributed by atoms with Gasteiger partial charge in [-0.05, 0) is 0 Å². The Morgan fingerprint density at radius 3 is 2.21 bits per heavy atom. The van der Waals surface area contributed by atoms with E-state index in [1.165, 1.54) is 7.05 Å². The van der Waals surface area contributed by atoms with Crippen molar-refractivity contribution in [3.63, 3.8) is 0 Å². The smallest absolute Gasteiger partial charge is 0.373 e. The fourth-order valence-electron chi connectivity index (χ4n) is 1.33. The monoisotopic (exact) mass is 290 g/mol. The van der Waals surface area contributed by atoms with Crippen molar-refractivity contribution in [3.8, 4) is 0 Å². The van der Waals surface area contributed by atoms with Crippen molar-refractivity contribution in [2.24, 2.45) is 0 Å². The molecule has 0 spiro atoms. The summed E-state index contributed by atoms with van der Waals surface area (Å²) >= 11 is 0. The summed E-state index contributed by atoms with van der Waals surface area (Å²) in [5.41, 5.74) is 0. The van der Waals surface area contributed by atoms with Crippen LogP contribution in [0.5, 0.6) is 0 Å². The first-order chi connectivity index (χ1) is 8.56. The standard InChI is InChI=1S/C9H11F5N2O3/c1-15-4-6(17)16(7(15)18)2-3-19-5-8(10,11)9(12,13)14/h2-5H2,1H3. The lowest BCUT2D eigenvalue weighted by atomic mass is 10.3. The van der Waals surface area contributed by atoms with Gasteiger partial charge in [-0.1, -0.05) is 0 Å². The van der Waals surface area contributed by atoms with Crippen LogP contribution in [0.25, 0.3) is 0 Å². The minimum atomic E-state index is -5.69. The maximum atomic E-state index is 12.4. The molecule has 10 heteroatoms. The van der Waals surface area contributed by atoms with Crippen LogP contribution in [0, 0.1) is 0 Å². The lowest BCUT2D eigenvalue weighted by Gasteiger charge is -2.20. The number of likely N-dealkylation sites (N-methyl/N-ethyl adjacent to an activating group) is 1. The molecule has 1 aliphatic rings. The van der Waals surface area contributed by atoms with Crippen molar-refractivity contribution in [2.45, 2.75) is 12.1 Å². The van der Waals surface area contributed by atoms with Gasteiger partial charge in [0.15, 0.2) is 0 Å². The van der Waals surface area contributed by atoms with Crippen LogP contribution in [0.15, 0.2) is 0 Å². The van der Waals surface area contributed by atoms with E-state index in [4.69, 9.17) is 0 Å². The van der Waals surface area contributed by atoms with Crippen molar-refractivity contribution in [1.29, 1.82) is 0 Å². The minimum absolute atomic E-state index is 0.155. The number of alkyl halides is 5. The Morgan fingerprint density at radius 2 is 1.79 bits per heavy atom. The number of carbonyl (C=O) groups excluding carboxylic acids is 2. The zero-order valence-corrected chi connectivity index (χ0v) is 9.84. The highest BCUT2D eigenvalue weighted by Crippen LogP contribution is 2.35. The zero-order valence-electron chi connectivity index (χ0n) is 9.84. The molecule has 0 bridgehead atoms. The van der Waals surface area contributed by atoms with Gasteiger partial charge < -0.3 is 9.64 Å². The molecule has 1 fully saturated rings. The average Bonchev–Trinajstić information content (AvgIpc) is 2.48. The highest BCUT2D eigenvalue weighted by molar-refractivity contribution is 6.01. The number of urea groups is 1. The fraction of sp³-hybridized carbons (Fsp3) is 0.778. The van der Waals surface area contributed by atoms with Crippen molar-refractivity contribution in [3.05, 3.63) is 0 Å². The normalized spacial score (nSPS) is 17.6. The molecule has 0 aromatic carbocycles. The molecule has 5 nitrogen and oxygen atoms in total. The van der Waals surface area contributed by atoms with Crippen LogP contribution in [0.2, 0.25) is 0 Å². The number of imide groups is 1. The van der Waals surface area contributed by atoms with Gasteiger partial charge in [0, 0.05) is 7.05 Å². The maximum absolute atomic E-state index is 12.4. The first-order valence-corrected chi connectivity index (χ1v) is 5.14. The molecule has 0 N–H and O–H groups in total. The Balaban J connectivity index is 2.36. The van der Waals surface area contributed by atoms with E-state index >= 15 is 0 Å². The van der Waals surface area contributed by atoms with E-state index in [9.17, 15) is 31.5 Å². The minimum Gasteiger partial charge on any atom is -0.373 e. The summed E-state index contributed by atoms with van der Waals surface area (Å²) in [6, 6.07) is -0.642. The van der Waals surface area contributed by atoms with Crippen LogP contribution in [0.3, 0.4) is 0 Å². The lowest BCUT2D eigenvalue weighted by Crippen LogP contribution is -2.42. The number of amides is 3. The van der Waals surface area contributed by atoms with E-state index in [1.54, 1.807) is 0 Å². The molecule has 0 aromatic rings. The van der Waals surface area contributed by atoms with Gasteiger partial charge in [0.25, 0.3) is 0 Å². The van der Waals surface area contributed by atoms with Gasteiger partial charge in [-0.15, -0.1) is 0 Å². The third-order valence-electron chi connectivity index (χ3n) is 2.39. The predicted molar refractivity (Wildman–Crippen MR) is 51.6 cm³/mol. The van der Waals surface area contributed by atoms with Gasteiger partial charge in [0.1, 0.15) is 13.2 Å². The second-order valence-electron chi connectivity index (χ2n) is 3.94. The Labute approximate surface area is 104 Å². The first kappa shape index (κ1) is 15.6. The molecule has 1 rings (SSSR count). The van der Waals surface area contributed by atoms with Gasteiger partial charge in [0.2, 0.25) is 5.91 Å². The van der Waals surface area contributed by atoms with Crippen molar-refractivity contribution >= 4 is 11.9 Å². The van der Waals surface area contributed by atoms with E-state index in [0.29, 0.717) is 0 Å². The van der Waals surface area contributed by atoms with Gasteiger partial charge in [0.05, 0.1) is 13.2 Å². The molecule has 1 aliphatic heterocycles. The van der Waals surface area contributed by atoms with Crippen LogP contribution in [-0.2, 0) is 9.53 Å². The summed E-state index contributed by atoms with van der Waals surface area (Å²) in [7, 11) is 1.36. The number of hydrogen-bond donors (Lipinski definition) is 0. The summed E-state index contributed by atoms with van der Waals surface area (Å²) in [6.07, 6.45) is -5.69. The van der Waals surface area contributed by atoms with E-state index in [0.717, 1.165) is 9.80 Å². The fourth-order valence-corrected chi connectivity index (χ4v) is 1.33. The van der Waals surface area contributed by atoms with Crippen LogP contribution in [-0.4, -0.2) is 67.2 Å². The van der Waals surface area contributed by atoms with Crippen LogP contribution >= 0.6 is 0 Å². The lowest BCUT2D eigenvalue weighted by molar-refractivity contribution is -0.296. The second kappa shape index (κ2) is 5.27. The third kappa shape index (κ3) is 3.52. The van der Waals surface area contributed by atoms with E-state index < -0.39 is 37.3 Å². The van der Waals surface area contributed by atoms with E-state index in [-0.39, 0.29) is 13.1 Å². The zero-order chi connectivity index (χ0) is 14.8. The average molecular weight is 290 g/mol. The highest BCUT2D eigenvalue weighted by atomic mass is 19.4.